The van der Waals surface area contributed by atoms with Gasteiger partial charge in [0.1, 0.15) is 11.9 Å². The van der Waals surface area contributed by atoms with Gasteiger partial charge in [0.25, 0.3) is 5.78 Å². The highest BCUT2D eigenvalue weighted by Gasteiger charge is 2.41. The number of carboxylic acid groups (broad SMARTS) is 1. The Kier molecular flexibility index (Phi) is 4.94. The van der Waals surface area contributed by atoms with Gasteiger partial charge in [-0.2, -0.15) is 21.8 Å². The van der Waals surface area contributed by atoms with Gasteiger partial charge < -0.3 is 10.4 Å². The molecule has 0 spiro atoms. The van der Waals surface area contributed by atoms with Crippen LogP contribution < -0.4 is 5.32 Å². The maximum Gasteiger partial charge on any atom is 0.329 e. The van der Waals surface area contributed by atoms with Gasteiger partial charge in [0.15, 0.2) is 0 Å². The van der Waals surface area contributed by atoms with Crippen molar-refractivity contribution in [2.75, 3.05) is 11.5 Å². The molecule has 0 unspecified atom stereocenters. The Labute approximate surface area is 149 Å². The van der Waals surface area contributed by atoms with Crippen molar-refractivity contribution in [3.8, 4) is 0 Å². The molecule has 1 saturated heterocycles. The third-order valence-corrected chi connectivity index (χ3v) is 5.71. The monoisotopic (exact) mass is 363 g/mol. The smallest absolute Gasteiger partial charge is 0.329 e. The van der Waals surface area contributed by atoms with Gasteiger partial charge in [-0.1, -0.05) is 0 Å². The standard InChI is InChI=1S/C16H21N5O3S/c1-10-12(11(2)21-15(19-10)17-9-18-21)3-4-13(22)20-16(14(23)24)5-7-25-8-6-16/h9H,3-8H2,1-2H3,(H,20,22)(H,23,24). The van der Waals surface area contributed by atoms with Crippen molar-refractivity contribution in [3.63, 3.8) is 0 Å². The van der Waals surface area contributed by atoms with Crippen LogP contribution in [0, 0.1) is 13.8 Å². The van der Waals surface area contributed by atoms with Crippen molar-refractivity contribution >= 4 is 29.4 Å². The van der Waals surface area contributed by atoms with E-state index in [1.807, 2.05) is 13.8 Å². The van der Waals surface area contributed by atoms with E-state index in [2.05, 4.69) is 20.4 Å². The molecule has 0 aliphatic carbocycles. The second-order valence-corrected chi connectivity index (χ2v) is 7.51. The van der Waals surface area contributed by atoms with Gasteiger partial charge in [0.2, 0.25) is 5.91 Å². The normalized spacial score (nSPS) is 16.7. The van der Waals surface area contributed by atoms with Crippen LogP contribution in [0.1, 0.15) is 36.2 Å². The summed E-state index contributed by atoms with van der Waals surface area (Å²) >= 11 is 1.72. The van der Waals surface area contributed by atoms with Crippen LogP contribution >= 0.6 is 11.8 Å². The van der Waals surface area contributed by atoms with Crippen molar-refractivity contribution in [1.29, 1.82) is 0 Å². The molecule has 0 aromatic carbocycles. The van der Waals surface area contributed by atoms with Crippen LogP contribution in [0.25, 0.3) is 5.78 Å². The number of aromatic nitrogens is 4. The highest BCUT2D eigenvalue weighted by Crippen LogP contribution is 2.27. The largest absolute Gasteiger partial charge is 0.480 e. The molecule has 0 atom stereocenters. The first kappa shape index (κ1) is 17.7. The van der Waals surface area contributed by atoms with Gasteiger partial charge in [-0.15, -0.1) is 0 Å². The minimum absolute atomic E-state index is 0.214. The van der Waals surface area contributed by atoms with Gasteiger partial charge in [-0.25, -0.2) is 14.3 Å². The lowest BCUT2D eigenvalue weighted by Crippen LogP contribution is -2.56. The van der Waals surface area contributed by atoms with E-state index in [-0.39, 0.29) is 12.3 Å². The zero-order chi connectivity index (χ0) is 18.0. The molecule has 2 aromatic heterocycles. The quantitative estimate of drug-likeness (QED) is 0.820. The van der Waals surface area contributed by atoms with E-state index in [0.717, 1.165) is 28.5 Å². The number of nitrogens with zero attached hydrogens (tertiary/aromatic N) is 4. The van der Waals surface area contributed by atoms with Gasteiger partial charge in [0, 0.05) is 17.8 Å². The second kappa shape index (κ2) is 6.99. The summed E-state index contributed by atoms with van der Waals surface area (Å²) in [5.41, 5.74) is 1.53. The fourth-order valence-electron chi connectivity index (χ4n) is 3.20. The van der Waals surface area contributed by atoms with Crippen LogP contribution in [0.15, 0.2) is 6.33 Å². The van der Waals surface area contributed by atoms with Crippen LogP contribution in [0.2, 0.25) is 0 Å². The summed E-state index contributed by atoms with van der Waals surface area (Å²) in [6.07, 6.45) is 3.07. The average molecular weight is 363 g/mol. The van der Waals surface area contributed by atoms with E-state index < -0.39 is 11.5 Å². The Morgan fingerprint density at radius 3 is 2.76 bits per heavy atom. The van der Waals surface area contributed by atoms with E-state index in [1.165, 1.54) is 6.33 Å². The highest BCUT2D eigenvalue weighted by atomic mass is 32.2. The van der Waals surface area contributed by atoms with Crippen LogP contribution in [0.4, 0.5) is 0 Å². The summed E-state index contributed by atoms with van der Waals surface area (Å²) in [5.74, 6) is 0.841. The summed E-state index contributed by atoms with van der Waals surface area (Å²) < 4.78 is 1.65. The van der Waals surface area contributed by atoms with Gasteiger partial charge in [0.05, 0.1) is 0 Å². The molecule has 0 saturated carbocycles. The van der Waals surface area contributed by atoms with Crippen molar-refractivity contribution in [3.05, 3.63) is 23.3 Å². The van der Waals surface area contributed by atoms with Gasteiger partial charge >= 0.3 is 5.97 Å². The predicted octanol–water partition coefficient (Wildman–Crippen LogP) is 1.14. The topological polar surface area (TPSA) is 109 Å². The summed E-state index contributed by atoms with van der Waals surface area (Å²) in [6, 6.07) is 0. The molecular weight excluding hydrogens is 342 g/mol. The molecule has 3 rings (SSSR count). The fraction of sp³-hybridized carbons (Fsp3) is 0.562. The molecule has 1 aliphatic heterocycles. The second-order valence-electron chi connectivity index (χ2n) is 6.28. The molecule has 1 aliphatic rings. The van der Waals surface area contributed by atoms with Crippen molar-refractivity contribution in [1.82, 2.24) is 24.9 Å². The molecule has 3 heterocycles. The maximum absolute atomic E-state index is 12.4. The number of hydrogen-bond donors (Lipinski definition) is 2. The van der Waals surface area contributed by atoms with Crippen LogP contribution in [-0.4, -0.2) is 53.6 Å². The average Bonchev–Trinajstić information content (AvgIpc) is 3.03. The number of aryl methyl sites for hydroxylation is 2. The summed E-state index contributed by atoms with van der Waals surface area (Å²) in [6.45, 7) is 3.80. The predicted molar refractivity (Wildman–Crippen MR) is 93.6 cm³/mol. The first-order valence-electron chi connectivity index (χ1n) is 8.21. The van der Waals surface area contributed by atoms with Crippen LogP contribution in [0.5, 0.6) is 0 Å². The lowest BCUT2D eigenvalue weighted by Gasteiger charge is -2.33. The van der Waals surface area contributed by atoms with Gasteiger partial charge in [-0.05, 0) is 50.2 Å². The molecule has 1 amide bonds. The summed E-state index contributed by atoms with van der Waals surface area (Å²) in [5, 5.41) is 16.5. The minimum Gasteiger partial charge on any atom is -0.480 e. The molecule has 2 N–H and O–H groups in total. The number of carbonyl (C=O) groups is 2. The first-order chi connectivity index (χ1) is 11.9. The number of amides is 1. The number of carbonyl (C=O) groups excluding carboxylic acids is 1. The molecular formula is C16H21N5O3S. The zero-order valence-electron chi connectivity index (χ0n) is 14.3. The molecule has 0 bridgehead atoms. The molecule has 134 valence electrons. The number of carboxylic acids is 1. The maximum atomic E-state index is 12.4. The molecule has 25 heavy (non-hydrogen) atoms. The lowest BCUT2D eigenvalue weighted by atomic mass is 9.92. The Morgan fingerprint density at radius 1 is 1.36 bits per heavy atom. The Hall–Kier alpha value is -2.16. The number of fused-ring (bicyclic) bond motifs is 1. The molecule has 0 radical (unpaired) electrons. The lowest BCUT2D eigenvalue weighted by molar-refractivity contribution is -0.148. The molecule has 8 nitrogen and oxygen atoms in total. The molecule has 9 heteroatoms. The SMILES string of the molecule is Cc1nc2ncnn2c(C)c1CCC(=O)NC1(C(=O)O)CCSCC1. The van der Waals surface area contributed by atoms with Crippen LogP contribution in [-0.2, 0) is 16.0 Å². The molecule has 1 fully saturated rings. The zero-order valence-corrected chi connectivity index (χ0v) is 15.1. The Morgan fingerprint density at radius 2 is 2.08 bits per heavy atom. The number of thioether (sulfide) groups is 1. The number of hydrogen-bond acceptors (Lipinski definition) is 6. The van der Waals surface area contributed by atoms with Crippen molar-refractivity contribution < 1.29 is 14.7 Å². The van der Waals surface area contributed by atoms with E-state index in [1.54, 1.807) is 16.3 Å². The van der Waals surface area contributed by atoms with Crippen molar-refractivity contribution in [2.24, 2.45) is 0 Å². The Bertz CT molecular complexity index is 813. The van der Waals surface area contributed by atoms with Crippen LogP contribution in [0.3, 0.4) is 0 Å². The number of aliphatic carboxylic acids is 1. The Balaban J connectivity index is 1.71. The third-order valence-electron chi connectivity index (χ3n) is 4.73. The van der Waals surface area contributed by atoms with E-state index >= 15 is 0 Å². The van der Waals surface area contributed by atoms with E-state index in [9.17, 15) is 14.7 Å². The summed E-state index contributed by atoms with van der Waals surface area (Å²) in [4.78, 5) is 32.5. The van der Waals surface area contributed by atoms with E-state index in [4.69, 9.17) is 0 Å². The highest BCUT2D eigenvalue weighted by molar-refractivity contribution is 7.99. The first-order valence-corrected chi connectivity index (χ1v) is 9.36. The number of rotatable bonds is 5. The number of nitrogens with one attached hydrogen (secondary N) is 1. The minimum atomic E-state index is -1.12. The summed E-state index contributed by atoms with van der Waals surface area (Å²) in [7, 11) is 0. The third kappa shape index (κ3) is 3.46. The van der Waals surface area contributed by atoms with E-state index in [0.29, 0.717) is 25.0 Å². The fourth-order valence-corrected chi connectivity index (χ4v) is 4.39. The van der Waals surface area contributed by atoms with Gasteiger partial charge in [-0.3, -0.25) is 4.79 Å². The van der Waals surface area contributed by atoms with Crippen molar-refractivity contribution in [2.45, 2.75) is 45.1 Å². The molecule has 2 aromatic rings.